The van der Waals surface area contributed by atoms with Gasteiger partial charge in [-0.15, -0.1) is 0 Å². The maximum Gasteiger partial charge on any atom is 0.225 e. The van der Waals surface area contributed by atoms with Gasteiger partial charge in [-0.25, -0.2) is 0 Å². The summed E-state index contributed by atoms with van der Waals surface area (Å²) in [4.78, 5) is 11.8. The Morgan fingerprint density at radius 1 is 1.19 bits per heavy atom. The highest BCUT2D eigenvalue weighted by molar-refractivity contribution is 5.59. The Morgan fingerprint density at radius 2 is 1.81 bits per heavy atom. The molecule has 0 saturated heterocycles. The number of nitrogen functional groups attached to an aromatic ring is 2. The maximum atomic E-state index is 5.53. The van der Waals surface area contributed by atoms with Gasteiger partial charge in [0.15, 0.2) is 5.82 Å². The van der Waals surface area contributed by atoms with Crippen LogP contribution < -0.4 is 11.5 Å². The lowest BCUT2D eigenvalue weighted by atomic mass is 10.2. The highest BCUT2D eigenvalue weighted by Gasteiger charge is 2.12. The third-order valence-corrected chi connectivity index (χ3v) is 2.15. The van der Waals surface area contributed by atoms with Crippen LogP contribution in [0.5, 0.6) is 0 Å². The van der Waals surface area contributed by atoms with Crippen LogP contribution in [0.3, 0.4) is 0 Å². The largest absolute Gasteiger partial charge is 0.368 e. The Morgan fingerprint density at radius 3 is 2.38 bits per heavy atom. The molecule has 7 heteroatoms. The molecule has 0 aromatic carbocycles. The van der Waals surface area contributed by atoms with E-state index < -0.39 is 0 Å². The van der Waals surface area contributed by atoms with Crippen LogP contribution >= 0.6 is 0 Å². The Labute approximate surface area is 92.5 Å². The lowest BCUT2D eigenvalue weighted by Gasteiger charge is -2.00. The van der Waals surface area contributed by atoms with Crippen molar-refractivity contribution in [2.45, 2.75) is 13.3 Å². The quantitative estimate of drug-likeness (QED) is 0.735. The molecule has 0 saturated carbocycles. The van der Waals surface area contributed by atoms with Gasteiger partial charge in [-0.05, 0) is 6.42 Å². The first-order chi connectivity index (χ1) is 7.60. The number of nitrogens with two attached hydrogens (primary N) is 2. The van der Waals surface area contributed by atoms with Crippen LogP contribution in [0.15, 0.2) is 6.20 Å². The van der Waals surface area contributed by atoms with Crippen molar-refractivity contribution in [1.29, 1.82) is 0 Å². The third-order valence-electron chi connectivity index (χ3n) is 2.15. The van der Waals surface area contributed by atoms with E-state index in [1.54, 1.807) is 4.68 Å². The van der Waals surface area contributed by atoms with E-state index in [1.807, 2.05) is 20.2 Å². The molecule has 0 aliphatic heterocycles. The van der Waals surface area contributed by atoms with Crippen molar-refractivity contribution >= 4 is 11.9 Å². The van der Waals surface area contributed by atoms with E-state index in [1.165, 1.54) is 0 Å². The molecule has 2 aromatic rings. The lowest BCUT2D eigenvalue weighted by molar-refractivity contribution is 0.746. The van der Waals surface area contributed by atoms with E-state index in [0.29, 0.717) is 5.82 Å². The third kappa shape index (κ3) is 1.79. The summed E-state index contributed by atoms with van der Waals surface area (Å²) in [5.74, 6) is 0.705. The van der Waals surface area contributed by atoms with Crippen molar-refractivity contribution < 1.29 is 0 Å². The van der Waals surface area contributed by atoms with Crippen molar-refractivity contribution in [3.63, 3.8) is 0 Å². The fourth-order valence-corrected chi connectivity index (χ4v) is 1.51. The predicted molar refractivity (Wildman–Crippen MR) is 60.2 cm³/mol. The molecule has 16 heavy (non-hydrogen) atoms. The fourth-order valence-electron chi connectivity index (χ4n) is 1.51. The number of rotatable bonds is 2. The molecule has 0 fully saturated rings. The number of aryl methyl sites for hydroxylation is 2. The number of anilines is 2. The summed E-state index contributed by atoms with van der Waals surface area (Å²) in [5.41, 5.74) is 12.8. The minimum Gasteiger partial charge on any atom is -0.368 e. The van der Waals surface area contributed by atoms with Gasteiger partial charge in [-0.2, -0.15) is 20.1 Å². The molecular weight excluding hydrogens is 206 g/mol. The van der Waals surface area contributed by atoms with E-state index in [2.05, 4.69) is 20.1 Å². The molecule has 0 unspecified atom stereocenters. The molecule has 0 radical (unpaired) electrons. The molecule has 84 valence electrons. The van der Waals surface area contributed by atoms with Crippen molar-refractivity contribution in [2.24, 2.45) is 7.05 Å². The smallest absolute Gasteiger partial charge is 0.225 e. The lowest BCUT2D eigenvalue weighted by Crippen LogP contribution is -2.04. The predicted octanol–water partition coefficient (Wildman–Crippen LogP) is -0.00110. The minimum atomic E-state index is 0.119. The fraction of sp³-hybridized carbons (Fsp3) is 0.333. The average molecular weight is 219 g/mol. The van der Waals surface area contributed by atoms with Crippen molar-refractivity contribution in [3.05, 3.63) is 11.9 Å². The summed E-state index contributed by atoms with van der Waals surface area (Å²) < 4.78 is 1.71. The Hall–Kier alpha value is -2.18. The molecule has 4 N–H and O–H groups in total. The number of hydrogen-bond acceptors (Lipinski definition) is 6. The zero-order chi connectivity index (χ0) is 11.7. The zero-order valence-electron chi connectivity index (χ0n) is 9.18. The Bertz CT molecular complexity index is 496. The van der Waals surface area contributed by atoms with Gasteiger partial charge in [-0.3, -0.25) is 4.68 Å². The normalized spacial score (nSPS) is 10.6. The SMILES string of the molecule is CCc1nn(C)cc1-c1nc(N)nc(N)n1. The summed E-state index contributed by atoms with van der Waals surface area (Å²) >= 11 is 0. The van der Waals surface area contributed by atoms with Gasteiger partial charge in [0.2, 0.25) is 11.9 Å². The highest BCUT2D eigenvalue weighted by atomic mass is 15.3. The van der Waals surface area contributed by atoms with Crippen LogP contribution in [0, 0.1) is 0 Å². The summed E-state index contributed by atoms with van der Waals surface area (Å²) in [6.07, 6.45) is 2.63. The molecule has 0 aliphatic rings. The Kier molecular flexibility index (Phi) is 2.43. The number of aromatic nitrogens is 5. The van der Waals surface area contributed by atoms with E-state index in [4.69, 9.17) is 11.5 Å². The topological polar surface area (TPSA) is 109 Å². The molecule has 0 aliphatic carbocycles. The average Bonchev–Trinajstić information content (AvgIpc) is 2.58. The first-order valence-corrected chi connectivity index (χ1v) is 4.90. The summed E-state index contributed by atoms with van der Waals surface area (Å²) in [7, 11) is 1.84. The van der Waals surface area contributed by atoms with Gasteiger partial charge in [-0.1, -0.05) is 6.92 Å². The van der Waals surface area contributed by atoms with Crippen LogP contribution in [0.4, 0.5) is 11.9 Å². The minimum absolute atomic E-state index is 0.119. The molecule has 0 spiro atoms. The van der Waals surface area contributed by atoms with Crippen molar-refractivity contribution in [1.82, 2.24) is 24.7 Å². The zero-order valence-corrected chi connectivity index (χ0v) is 9.18. The van der Waals surface area contributed by atoms with Crippen molar-refractivity contribution in [3.8, 4) is 11.4 Å². The van der Waals surface area contributed by atoms with Gasteiger partial charge in [0.1, 0.15) is 0 Å². The monoisotopic (exact) mass is 219 g/mol. The van der Waals surface area contributed by atoms with Crippen LogP contribution in [0.1, 0.15) is 12.6 Å². The maximum absolute atomic E-state index is 5.53. The van der Waals surface area contributed by atoms with E-state index in [9.17, 15) is 0 Å². The molecule has 0 atom stereocenters. The molecule has 2 aromatic heterocycles. The van der Waals surface area contributed by atoms with Crippen LogP contribution in [-0.4, -0.2) is 24.7 Å². The first kappa shape index (κ1) is 10.3. The standard InChI is InChI=1S/C9H13N7/c1-3-6-5(4-16(2)15-6)7-12-8(10)14-9(11)13-7/h4H,3H2,1-2H3,(H4,10,11,12,13,14). The summed E-state index contributed by atoms with van der Waals surface area (Å²) in [5, 5.41) is 4.30. The van der Waals surface area contributed by atoms with Gasteiger partial charge >= 0.3 is 0 Å². The molecular formula is C9H13N7. The molecule has 2 heterocycles. The van der Waals surface area contributed by atoms with E-state index >= 15 is 0 Å². The molecule has 0 amide bonds. The van der Waals surface area contributed by atoms with Gasteiger partial charge < -0.3 is 11.5 Å². The second-order valence-corrected chi connectivity index (χ2v) is 3.39. The molecule has 0 bridgehead atoms. The summed E-state index contributed by atoms with van der Waals surface area (Å²) in [6, 6.07) is 0. The number of nitrogens with zero attached hydrogens (tertiary/aromatic N) is 5. The molecule has 7 nitrogen and oxygen atoms in total. The van der Waals surface area contributed by atoms with Gasteiger partial charge in [0, 0.05) is 13.2 Å². The van der Waals surface area contributed by atoms with Gasteiger partial charge in [0.25, 0.3) is 0 Å². The van der Waals surface area contributed by atoms with Crippen molar-refractivity contribution in [2.75, 3.05) is 11.5 Å². The second-order valence-electron chi connectivity index (χ2n) is 3.39. The van der Waals surface area contributed by atoms with E-state index in [0.717, 1.165) is 17.7 Å². The van der Waals surface area contributed by atoms with Crippen LogP contribution in [-0.2, 0) is 13.5 Å². The van der Waals surface area contributed by atoms with Crippen LogP contribution in [0.2, 0.25) is 0 Å². The van der Waals surface area contributed by atoms with Crippen LogP contribution in [0.25, 0.3) is 11.4 Å². The number of hydrogen-bond donors (Lipinski definition) is 2. The first-order valence-electron chi connectivity index (χ1n) is 4.90. The molecule has 2 rings (SSSR count). The Balaban J connectivity index is 2.57. The van der Waals surface area contributed by atoms with E-state index in [-0.39, 0.29) is 11.9 Å². The van der Waals surface area contributed by atoms with Gasteiger partial charge in [0.05, 0.1) is 11.3 Å². The highest BCUT2D eigenvalue weighted by Crippen LogP contribution is 2.20. The summed E-state index contributed by atoms with van der Waals surface area (Å²) in [6.45, 7) is 2.01. The second kappa shape index (κ2) is 3.76.